The van der Waals surface area contributed by atoms with E-state index in [1.165, 1.54) is 0 Å². The standard InChI is InChI=1S/C20H21N3O2S/c1-14-4-8-19(9-5-14)26(24,25)20-10-6-18(7-11-20)23-21-13-17-12-15(2)22-16(17)3/h4-13,22-23H,1-3H3/b21-13+. The number of aryl methyl sites for hydroxylation is 3. The van der Waals surface area contributed by atoms with Crippen LogP contribution in [0.3, 0.4) is 0 Å². The molecule has 0 aliphatic heterocycles. The van der Waals surface area contributed by atoms with Crippen LogP contribution in [0.15, 0.2) is 69.5 Å². The average Bonchev–Trinajstić information content (AvgIpc) is 2.93. The van der Waals surface area contributed by atoms with Crippen LogP contribution in [0.5, 0.6) is 0 Å². The largest absolute Gasteiger partial charge is 0.362 e. The van der Waals surface area contributed by atoms with Crippen LogP contribution in [0.25, 0.3) is 0 Å². The third-order valence-electron chi connectivity index (χ3n) is 4.08. The smallest absolute Gasteiger partial charge is 0.206 e. The summed E-state index contributed by atoms with van der Waals surface area (Å²) in [5, 5.41) is 4.20. The van der Waals surface area contributed by atoms with Crippen LogP contribution in [0, 0.1) is 20.8 Å². The van der Waals surface area contributed by atoms with E-state index in [9.17, 15) is 8.42 Å². The normalized spacial score (nSPS) is 11.8. The van der Waals surface area contributed by atoms with Crippen molar-refractivity contribution in [3.05, 3.63) is 77.1 Å². The average molecular weight is 367 g/mol. The van der Waals surface area contributed by atoms with Gasteiger partial charge in [0, 0.05) is 17.0 Å². The molecule has 1 aromatic heterocycles. The van der Waals surface area contributed by atoms with Gasteiger partial charge in [-0.1, -0.05) is 17.7 Å². The summed E-state index contributed by atoms with van der Waals surface area (Å²) in [5.41, 5.74) is 7.79. The molecule has 6 heteroatoms. The van der Waals surface area contributed by atoms with Gasteiger partial charge in [-0.3, -0.25) is 5.43 Å². The molecule has 5 nitrogen and oxygen atoms in total. The summed E-state index contributed by atoms with van der Waals surface area (Å²) < 4.78 is 25.3. The van der Waals surface area contributed by atoms with Gasteiger partial charge < -0.3 is 4.98 Å². The number of nitrogens with zero attached hydrogens (tertiary/aromatic N) is 1. The molecule has 26 heavy (non-hydrogen) atoms. The molecular weight excluding hydrogens is 346 g/mol. The minimum absolute atomic E-state index is 0.257. The van der Waals surface area contributed by atoms with E-state index >= 15 is 0 Å². The molecule has 0 aliphatic rings. The highest BCUT2D eigenvalue weighted by Gasteiger charge is 2.17. The fourth-order valence-corrected chi connectivity index (χ4v) is 3.88. The van der Waals surface area contributed by atoms with Gasteiger partial charge in [-0.25, -0.2) is 8.42 Å². The number of H-pyrrole nitrogens is 1. The second kappa shape index (κ2) is 7.17. The topological polar surface area (TPSA) is 74.3 Å². The van der Waals surface area contributed by atoms with Gasteiger partial charge in [-0.2, -0.15) is 5.10 Å². The zero-order chi connectivity index (χ0) is 18.7. The van der Waals surface area contributed by atoms with E-state index in [1.807, 2.05) is 26.8 Å². The molecule has 0 spiro atoms. The number of hydrazone groups is 1. The van der Waals surface area contributed by atoms with Crippen molar-refractivity contribution in [1.29, 1.82) is 0 Å². The Morgan fingerprint density at radius 1 is 0.923 bits per heavy atom. The zero-order valence-electron chi connectivity index (χ0n) is 14.9. The molecular formula is C20H21N3O2S. The monoisotopic (exact) mass is 367 g/mol. The molecule has 2 aromatic carbocycles. The van der Waals surface area contributed by atoms with Crippen molar-refractivity contribution in [1.82, 2.24) is 4.98 Å². The number of hydrogen-bond acceptors (Lipinski definition) is 4. The number of benzene rings is 2. The number of aromatic amines is 1. The first kappa shape index (κ1) is 17.9. The number of aromatic nitrogens is 1. The molecule has 0 amide bonds. The third-order valence-corrected chi connectivity index (χ3v) is 5.87. The molecule has 0 atom stereocenters. The summed E-state index contributed by atoms with van der Waals surface area (Å²) in [6, 6.07) is 15.4. The first-order valence-electron chi connectivity index (χ1n) is 8.23. The van der Waals surface area contributed by atoms with Crippen molar-refractivity contribution in [3.63, 3.8) is 0 Å². The Kier molecular flexibility index (Phi) is 4.95. The fraction of sp³-hybridized carbons (Fsp3) is 0.150. The molecule has 1 heterocycles. The minimum atomic E-state index is -3.51. The van der Waals surface area contributed by atoms with Crippen molar-refractivity contribution in [3.8, 4) is 0 Å². The summed E-state index contributed by atoms with van der Waals surface area (Å²) in [4.78, 5) is 3.76. The number of rotatable bonds is 5. The summed E-state index contributed by atoms with van der Waals surface area (Å²) in [7, 11) is -3.51. The predicted octanol–water partition coefficient (Wildman–Crippen LogP) is 4.22. The van der Waals surface area contributed by atoms with Crippen molar-refractivity contribution in [2.45, 2.75) is 30.6 Å². The molecule has 0 radical (unpaired) electrons. The van der Waals surface area contributed by atoms with Crippen LogP contribution in [0.2, 0.25) is 0 Å². The molecule has 0 bridgehead atoms. The van der Waals surface area contributed by atoms with Crippen molar-refractivity contribution < 1.29 is 8.42 Å². The van der Waals surface area contributed by atoms with E-state index in [0.717, 1.165) is 22.5 Å². The maximum absolute atomic E-state index is 12.6. The molecule has 0 aliphatic carbocycles. The quantitative estimate of drug-likeness (QED) is 0.524. The molecule has 134 valence electrons. The third kappa shape index (κ3) is 3.86. The van der Waals surface area contributed by atoms with E-state index < -0.39 is 9.84 Å². The predicted molar refractivity (Wildman–Crippen MR) is 105 cm³/mol. The van der Waals surface area contributed by atoms with Crippen LogP contribution < -0.4 is 5.43 Å². The van der Waals surface area contributed by atoms with Crippen LogP contribution in [-0.2, 0) is 9.84 Å². The maximum Gasteiger partial charge on any atom is 0.206 e. The molecule has 0 fully saturated rings. The second-order valence-corrected chi connectivity index (χ2v) is 8.19. The Hall–Kier alpha value is -2.86. The number of sulfone groups is 1. The Bertz CT molecular complexity index is 1030. The van der Waals surface area contributed by atoms with Crippen LogP contribution >= 0.6 is 0 Å². The number of nitrogens with one attached hydrogen (secondary N) is 2. The molecule has 0 saturated carbocycles. The molecule has 2 N–H and O–H groups in total. The van der Waals surface area contributed by atoms with Gasteiger partial charge in [0.05, 0.1) is 21.7 Å². The second-order valence-electron chi connectivity index (χ2n) is 6.24. The van der Waals surface area contributed by atoms with Gasteiger partial charge >= 0.3 is 0 Å². The van der Waals surface area contributed by atoms with Gasteiger partial charge in [0.25, 0.3) is 0 Å². The highest BCUT2D eigenvalue weighted by atomic mass is 32.2. The van der Waals surface area contributed by atoms with Crippen molar-refractivity contribution in [2.75, 3.05) is 5.43 Å². The summed E-state index contributed by atoms with van der Waals surface area (Å²) in [6.45, 7) is 5.90. The molecule has 0 saturated heterocycles. The SMILES string of the molecule is Cc1ccc(S(=O)(=O)c2ccc(N/N=C/c3cc(C)[nH]c3C)cc2)cc1. The first-order valence-corrected chi connectivity index (χ1v) is 9.72. The molecule has 3 aromatic rings. The highest BCUT2D eigenvalue weighted by Crippen LogP contribution is 2.22. The van der Waals surface area contributed by atoms with E-state index in [2.05, 4.69) is 15.5 Å². The Morgan fingerprint density at radius 2 is 1.50 bits per heavy atom. The lowest BCUT2D eigenvalue weighted by Crippen LogP contribution is -2.02. The zero-order valence-corrected chi connectivity index (χ0v) is 15.8. The van der Waals surface area contributed by atoms with Gasteiger partial charge in [0.2, 0.25) is 9.84 Å². The van der Waals surface area contributed by atoms with Crippen molar-refractivity contribution >= 4 is 21.7 Å². The number of anilines is 1. The minimum Gasteiger partial charge on any atom is -0.362 e. The Morgan fingerprint density at radius 3 is 2.04 bits per heavy atom. The van der Waals surface area contributed by atoms with E-state index in [-0.39, 0.29) is 4.90 Å². The maximum atomic E-state index is 12.6. The van der Waals surface area contributed by atoms with Gasteiger partial charge in [0.15, 0.2) is 0 Å². The van der Waals surface area contributed by atoms with Crippen LogP contribution in [0.1, 0.15) is 22.5 Å². The Labute approximate surface area is 153 Å². The summed E-state index contributed by atoms with van der Waals surface area (Å²) in [6.07, 6.45) is 1.73. The van der Waals surface area contributed by atoms with Gasteiger partial charge in [0.1, 0.15) is 0 Å². The summed E-state index contributed by atoms with van der Waals surface area (Å²) in [5.74, 6) is 0. The van der Waals surface area contributed by atoms with E-state index in [4.69, 9.17) is 0 Å². The summed E-state index contributed by atoms with van der Waals surface area (Å²) >= 11 is 0. The number of hydrogen-bond donors (Lipinski definition) is 2. The first-order chi connectivity index (χ1) is 12.4. The lowest BCUT2D eigenvalue weighted by Gasteiger charge is -2.06. The Balaban J connectivity index is 1.74. The lowest BCUT2D eigenvalue weighted by molar-refractivity contribution is 0.596. The lowest BCUT2D eigenvalue weighted by atomic mass is 10.2. The van der Waals surface area contributed by atoms with Gasteiger partial charge in [-0.15, -0.1) is 0 Å². The molecule has 3 rings (SSSR count). The van der Waals surface area contributed by atoms with Gasteiger partial charge in [-0.05, 0) is 63.2 Å². The highest BCUT2D eigenvalue weighted by molar-refractivity contribution is 7.91. The van der Waals surface area contributed by atoms with Crippen LogP contribution in [0.4, 0.5) is 5.69 Å². The van der Waals surface area contributed by atoms with Crippen LogP contribution in [-0.4, -0.2) is 19.6 Å². The molecule has 0 unspecified atom stereocenters. The van der Waals surface area contributed by atoms with Crippen molar-refractivity contribution in [2.24, 2.45) is 5.10 Å². The van der Waals surface area contributed by atoms with E-state index in [1.54, 1.807) is 54.7 Å². The fourth-order valence-electron chi connectivity index (χ4n) is 2.62. The van der Waals surface area contributed by atoms with E-state index in [0.29, 0.717) is 10.6 Å².